The van der Waals surface area contributed by atoms with Gasteiger partial charge in [0.2, 0.25) is 17.8 Å². The first-order valence-electron chi connectivity index (χ1n) is 19.6. The first-order valence-corrected chi connectivity index (χ1v) is 20.5. The fourth-order valence-corrected chi connectivity index (χ4v) is 7.85. The number of para-hydroxylation sites is 1. The summed E-state index contributed by atoms with van der Waals surface area (Å²) in [6.45, 7) is 12.9. The number of aryl methyl sites for hydroxylation is 3. The Hall–Kier alpha value is -6.40. The van der Waals surface area contributed by atoms with Gasteiger partial charge >= 0.3 is 0 Å². The molecule has 6 aromatic rings. The second kappa shape index (κ2) is 18.3. The molecule has 1 saturated heterocycles. The number of benzene rings is 2. The number of imidazole rings is 1. The van der Waals surface area contributed by atoms with Crippen LogP contribution in [-0.2, 0) is 9.59 Å². The number of rotatable bonds is 14. The van der Waals surface area contributed by atoms with Gasteiger partial charge < -0.3 is 25.4 Å². The van der Waals surface area contributed by atoms with Gasteiger partial charge in [0.1, 0.15) is 22.9 Å². The van der Waals surface area contributed by atoms with E-state index in [0.717, 1.165) is 22.5 Å². The molecule has 7 rings (SSSR count). The lowest BCUT2D eigenvalue weighted by molar-refractivity contribution is -0.122. The van der Waals surface area contributed by atoms with Gasteiger partial charge in [0.15, 0.2) is 16.8 Å². The Labute approximate surface area is 349 Å². The molecule has 1 fully saturated rings. The van der Waals surface area contributed by atoms with Crippen LogP contribution in [0.15, 0.2) is 60.9 Å². The maximum absolute atomic E-state index is 15.1. The van der Waals surface area contributed by atoms with Crippen molar-refractivity contribution in [2.24, 2.45) is 0 Å². The number of halogens is 2. The summed E-state index contributed by atoms with van der Waals surface area (Å²) in [6.07, 6.45) is 3.38. The predicted molar refractivity (Wildman–Crippen MR) is 229 cm³/mol. The van der Waals surface area contributed by atoms with Crippen LogP contribution in [0.5, 0.6) is 0 Å². The maximum atomic E-state index is 15.1. The molecule has 312 valence electrons. The summed E-state index contributed by atoms with van der Waals surface area (Å²) in [5, 5.41) is 12.0. The molecule has 0 atom stereocenters. The fourth-order valence-electron chi connectivity index (χ4n) is 7.04. The largest absolute Gasteiger partial charge is 0.368 e. The molecule has 0 spiro atoms. The molecule has 1 aliphatic rings. The van der Waals surface area contributed by atoms with Crippen molar-refractivity contribution in [3.8, 4) is 11.3 Å². The summed E-state index contributed by atoms with van der Waals surface area (Å²) < 4.78 is 32.0. The van der Waals surface area contributed by atoms with E-state index in [9.17, 15) is 14.4 Å². The molecule has 18 heteroatoms. The number of amides is 3. The number of nitrogens with zero attached hydrogens (tertiary/aromatic N) is 8. The molecule has 60 heavy (non-hydrogen) atoms. The van der Waals surface area contributed by atoms with E-state index in [4.69, 9.17) is 0 Å². The first kappa shape index (κ1) is 41.7. The summed E-state index contributed by atoms with van der Waals surface area (Å²) in [6, 6.07) is 13.4. The van der Waals surface area contributed by atoms with Gasteiger partial charge in [-0.05, 0) is 77.4 Å². The van der Waals surface area contributed by atoms with Gasteiger partial charge in [-0.2, -0.15) is 0 Å². The average molecular weight is 837 g/mol. The SMILES string of the molecule is Cc1nc(NC(=O)c2ccccc2NC(=O)CCCNC(=O)CN2CCN(c3ccc(Nc4ncc(F)c(-c5cc(F)c6nc(C)n(C(C)C)c6c5)n4)nc3)CC2)sc1C. The van der Waals surface area contributed by atoms with Crippen LogP contribution in [0.1, 0.15) is 59.5 Å². The molecule has 4 aromatic heterocycles. The van der Waals surface area contributed by atoms with Crippen LogP contribution in [0.4, 0.5) is 37.1 Å². The standard InChI is InChI=1S/C42H46F2N12O3S/c1-24(2)56-27(5)49-39-31(43)19-28(20-34(39)56)38-32(44)22-47-41(52-38)51-35-13-12-29(21-46-35)55-17-15-54(16-18-55)23-37(58)45-14-8-11-36(57)50-33-10-7-6-9-30(33)40(59)53-42-48-25(3)26(4)60-42/h6-7,9-10,12-13,19-22,24H,8,11,14-18,23H2,1-5H3,(H,45,58)(H,50,57)(H,48,53,59)(H,46,47,51,52). The van der Waals surface area contributed by atoms with Gasteiger partial charge in [-0.25, -0.2) is 33.7 Å². The van der Waals surface area contributed by atoms with Gasteiger partial charge in [0.05, 0.1) is 47.1 Å². The van der Waals surface area contributed by atoms with Crippen LogP contribution in [-0.4, -0.2) is 91.4 Å². The Morgan fingerprint density at radius 1 is 0.867 bits per heavy atom. The van der Waals surface area contributed by atoms with E-state index in [1.807, 2.05) is 45.3 Å². The molecule has 4 N–H and O–H groups in total. The van der Waals surface area contributed by atoms with Crippen molar-refractivity contribution in [1.82, 2.24) is 39.7 Å². The first-order chi connectivity index (χ1) is 28.8. The molecule has 0 bridgehead atoms. The summed E-state index contributed by atoms with van der Waals surface area (Å²) in [5.74, 6) is -0.769. The topological polar surface area (TPSA) is 175 Å². The third-order valence-corrected chi connectivity index (χ3v) is 11.1. The van der Waals surface area contributed by atoms with E-state index in [0.29, 0.717) is 72.7 Å². The third kappa shape index (κ3) is 9.72. The highest BCUT2D eigenvalue weighted by molar-refractivity contribution is 7.15. The normalized spacial score (nSPS) is 13.2. The van der Waals surface area contributed by atoms with E-state index in [1.165, 1.54) is 17.4 Å². The highest BCUT2D eigenvalue weighted by atomic mass is 32.1. The van der Waals surface area contributed by atoms with Crippen molar-refractivity contribution >= 4 is 68.4 Å². The highest BCUT2D eigenvalue weighted by Crippen LogP contribution is 2.31. The van der Waals surface area contributed by atoms with E-state index in [-0.39, 0.29) is 59.5 Å². The lowest BCUT2D eigenvalue weighted by atomic mass is 10.1. The monoisotopic (exact) mass is 836 g/mol. The Morgan fingerprint density at radius 3 is 2.37 bits per heavy atom. The molecule has 0 saturated carbocycles. The number of thiazole rings is 1. The Morgan fingerprint density at radius 2 is 1.65 bits per heavy atom. The summed E-state index contributed by atoms with van der Waals surface area (Å²) in [4.78, 5) is 65.3. The molecule has 0 aliphatic carbocycles. The number of piperazine rings is 1. The molecule has 5 heterocycles. The zero-order chi connectivity index (χ0) is 42.5. The highest BCUT2D eigenvalue weighted by Gasteiger charge is 2.22. The van der Waals surface area contributed by atoms with Gasteiger partial charge in [-0.1, -0.05) is 12.1 Å². The second-order valence-electron chi connectivity index (χ2n) is 14.8. The van der Waals surface area contributed by atoms with Crippen molar-refractivity contribution in [2.45, 2.75) is 53.5 Å². The number of hydrogen-bond donors (Lipinski definition) is 4. The number of nitrogens with one attached hydrogen (secondary N) is 4. The molecule has 0 radical (unpaired) electrons. The van der Waals surface area contributed by atoms with Crippen LogP contribution in [0.25, 0.3) is 22.3 Å². The van der Waals surface area contributed by atoms with E-state index < -0.39 is 11.6 Å². The Kier molecular flexibility index (Phi) is 12.7. The van der Waals surface area contributed by atoms with Crippen molar-refractivity contribution in [1.29, 1.82) is 0 Å². The smallest absolute Gasteiger partial charge is 0.259 e. The van der Waals surface area contributed by atoms with E-state index in [1.54, 1.807) is 42.6 Å². The summed E-state index contributed by atoms with van der Waals surface area (Å²) in [5.41, 5.74) is 3.49. The molecule has 3 amide bonds. The third-order valence-electron chi connectivity index (χ3n) is 10.1. The van der Waals surface area contributed by atoms with Gasteiger partial charge in [0, 0.05) is 55.6 Å². The Bertz CT molecular complexity index is 2510. The lowest BCUT2D eigenvalue weighted by Gasteiger charge is -2.35. The molecule has 2 aromatic carbocycles. The van der Waals surface area contributed by atoms with Crippen molar-refractivity contribution in [3.63, 3.8) is 0 Å². The number of aromatic nitrogens is 6. The maximum Gasteiger partial charge on any atom is 0.259 e. The average Bonchev–Trinajstić information content (AvgIpc) is 3.74. The minimum absolute atomic E-state index is 0.0249. The second-order valence-corrected chi connectivity index (χ2v) is 16.0. The summed E-state index contributed by atoms with van der Waals surface area (Å²) >= 11 is 1.39. The Balaban J connectivity index is 0.842. The molecular formula is C42H46F2N12O3S. The molecule has 1 aliphatic heterocycles. The number of hydrogen-bond acceptors (Lipinski definition) is 12. The van der Waals surface area contributed by atoms with Gasteiger partial charge in [-0.3, -0.25) is 24.6 Å². The van der Waals surface area contributed by atoms with Crippen LogP contribution in [0, 0.1) is 32.4 Å². The van der Waals surface area contributed by atoms with E-state index in [2.05, 4.69) is 56.0 Å². The van der Waals surface area contributed by atoms with Gasteiger partial charge in [0.25, 0.3) is 5.91 Å². The van der Waals surface area contributed by atoms with Crippen LogP contribution < -0.4 is 26.2 Å². The minimum Gasteiger partial charge on any atom is -0.368 e. The minimum atomic E-state index is -0.688. The summed E-state index contributed by atoms with van der Waals surface area (Å²) in [7, 11) is 0. The number of carbonyl (C=O) groups is 3. The van der Waals surface area contributed by atoms with Crippen molar-refractivity contribution in [3.05, 3.63) is 94.5 Å². The number of fused-ring (bicyclic) bond motifs is 1. The number of anilines is 5. The lowest BCUT2D eigenvalue weighted by Crippen LogP contribution is -2.49. The van der Waals surface area contributed by atoms with E-state index >= 15 is 8.78 Å². The molecular weight excluding hydrogens is 791 g/mol. The fraction of sp³-hybridized carbons (Fsp3) is 0.333. The molecule has 0 unspecified atom stereocenters. The zero-order valence-corrected chi connectivity index (χ0v) is 34.8. The van der Waals surface area contributed by atoms with Crippen LogP contribution >= 0.6 is 11.3 Å². The zero-order valence-electron chi connectivity index (χ0n) is 34.0. The van der Waals surface area contributed by atoms with Crippen LogP contribution in [0.2, 0.25) is 0 Å². The van der Waals surface area contributed by atoms with Crippen LogP contribution in [0.3, 0.4) is 0 Å². The van der Waals surface area contributed by atoms with Gasteiger partial charge in [-0.15, -0.1) is 11.3 Å². The predicted octanol–water partition coefficient (Wildman–Crippen LogP) is 6.78. The quantitative estimate of drug-likeness (QED) is 0.0852. The van der Waals surface area contributed by atoms with Crippen molar-refractivity contribution < 1.29 is 23.2 Å². The molecule has 15 nitrogen and oxygen atoms in total. The number of pyridine rings is 1. The number of carbonyl (C=O) groups excluding carboxylic acids is 3. The van der Waals surface area contributed by atoms with Crippen molar-refractivity contribution in [2.75, 3.05) is 60.1 Å².